The third-order valence-electron chi connectivity index (χ3n) is 3.45. The van der Waals surface area contributed by atoms with E-state index >= 15 is 0 Å². The predicted octanol–water partition coefficient (Wildman–Crippen LogP) is 2.36. The first-order valence-corrected chi connectivity index (χ1v) is 7.26. The average Bonchev–Trinajstić information content (AvgIpc) is 2.67. The molecule has 1 aromatic carbocycles. The van der Waals surface area contributed by atoms with Crippen LogP contribution in [0.1, 0.15) is 17.9 Å². The number of aromatic nitrogens is 1. The van der Waals surface area contributed by atoms with Gasteiger partial charge in [-0.15, -0.1) is 11.6 Å². The number of hydrogen-bond donors (Lipinski definition) is 1. The Hall–Kier alpha value is -1.10. The Morgan fingerprint density at radius 1 is 1.32 bits per heavy atom. The lowest BCUT2D eigenvalue weighted by atomic mass is 10.2. The van der Waals surface area contributed by atoms with Crippen LogP contribution in [0.3, 0.4) is 0 Å². The van der Waals surface area contributed by atoms with E-state index in [4.69, 9.17) is 16.0 Å². The number of oxazole rings is 1. The molecule has 1 aliphatic rings. The van der Waals surface area contributed by atoms with Crippen LogP contribution in [0.5, 0.6) is 0 Å². The molecule has 1 aliphatic heterocycles. The Labute approximate surface area is 117 Å². The van der Waals surface area contributed by atoms with E-state index in [9.17, 15) is 0 Å². The molecule has 0 atom stereocenters. The molecule has 19 heavy (non-hydrogen) atoms. The standard InChI is InChI=1S/C14H18ClN3O/c15-9-14-17-12-8-11(2-3-13(12)19-14)10-18-6-1-4-16-5-7-18/h2-3,8,16H,1,4-7,9-10H2. The molecule has 0 unspecified atom stereocenters. The first kappa shape index (κ1) is 12.9. The van der Waals surface area contributed by atoms with Crippen LogP contribution in [-0.2, 0) is 12.4 Å². The van der Waals surface area contributed by atoms with Crippen LogP contribution in [0, 0.1) is 0 Å². The number of benzene rings is 1. The number of nitrogens with one attached hydrogen (secondary N) is 1. The minimum atomic E-state index is 0.321. The highest BCUT2D eigenvalue weighted by Gasteiger charge is 2.10. The van der Waals surface area contributed by atoms with E-state index in [2.05, 4.69) is 27.3 Å². The van der Waals surface area contributed by atoms with Gasteiger partial charge in [-0.2, -0.15) is 0 Å². The summed E-state index contributed by atoms with van der Waals surface area (Å²) in [5, 5.41) is 3.42. The van der Waals surface area contributed by atoms with Gasteiger partial charge in [-0.05, 0) is 37.2 Å². The fraction of sp³-hybridized carbons (Fsp3) is 0.500. The summed E-state index contributed by atoms with van der Waals surface area (Å²) in [4.78, 5) is 6.85. The minimum Gasteiger partial charge on any atom is -0.439 e. The van der Waals surface area contributed by atoms with Gasteiger partial charge in [0.1, 0.15) is 5.52 Å². The minimum absolute atomic E-state index is 0.321. The average molecular weight is 280 g/mol. The van der Waals surface area contributed by atoms with Crippen molar-refractivity contribution in [1.82, 2.24) is 15.2 Å². The summed E-state index contributed by atoms with van der Waals surface area (Å²) in [5.74, 6) is 0.912. The zero-order chi connectivity index (χ0) is 13.1. The molecule has 2 heterocycles. The summed E-state index contributed by atoms with van der Waals surface area (Å²) >= 11 is 5.74. The second kappa shape index (κ2) is 5.90. The molecule has 0 saturated carbocycles. The van der Waals surface area contributed by atoms with Gasteiger partial charge in [-0.1, -0.05) is 6.07 Å². The number of hydrogen-bond acceptors (Lipinski definition) is 4. The second-order valence-corrected chi connectivity index (χ2v) is 5.19. The third kappa shape index (κ3) is 3.08. The largest absolute Gasteiger partial charge is 0.439 e. The van der Waals surface area contributed by atoms with Crippen molar-refractivity contribution >= 4 is 22.7 Å². The zero-order valence-electron chi connectivity index (χ0n) is 10.9. The molecule has 0 radical (unpaired) electrons. The quantitative estimate of drug-likeness (QED) is 0.876. The number of nitrogens with zero attached hydrogens (tertiary/aromatic N) is 2. The lowest BCUT2D eigenvalue weighted by molar-refractivity contribution is 0.284. The van der Waals surface area contributed by atoms with Crippen LogP contribution in [0.25, 0.3) is 11.1 Å². The Morgan fingerprint density at radius 3 is 3.16 bits per heavy atom. The van der Waals surface area contributed by atoms with Gasteiger partial charge in [-0.25, -0.2) is 4.98 Å². The molecule has 0 aliphatic carbocycles. The zero-order valence-corrected chi connectivity index (χ0v) is 11.6. The van der Waals surface area contributed by atoms with E-state index < -0.39 is 0 Å². The molecule has 0 bridgehead atoms. The number of fused-ring (bicyclic) bond motifs is 1. The summed E-state index contributed by atoms with van der Waals surface area (Å²) in [7, 11) is 0. The molecule has 1 saturated heterocycles. The van der Waals surface area contributed by atoms with Crippen molar-refractivity contribution in [3.05, 3.63) is 29.7 Å². The monoisotopic (exact) mass is 279 g/mol. The lowest BCUT2D eigenvalue weighted by Gasteiger charge is -2.19. The van der Waals surface area contributed by atoms with Gasteiger partial charge in [0.25, 0.3) is 0 Å². The van der Waals surface area contributed by atoms with Gasteiger partial charge in [0.05, 0.1) is 5.88 Å². The molecule has 102 valence electrons. The highest BCUT2D eigenvalue weighted by atomic mass is 35.5. The second-order valence-electron chi connectivity index (χ2n) is 4.92. The summed E-state index contributed by atoms with van der Waals surface area (Å²) in [6.45, 7) is 5.42. The van der Waals surface area contributed by atoms with Crippen molar-refractivity contribution in [2.24, 2.45) is 0 Å². The fourth-order valence-electron chi connectivity index (χ4n) is 2.49. The van der Waals surface area contributed by atoms with Crippen molar-refractivity contribution in [3.8, 4) is 0 Å². The first-order chi connectivity index (χ1) is 9.35. The van der Waals surface area contributed by atoms with Crippen LogP contribution in [0.2, 0.25) is 0 Å². The molecule has 2 aromatic rings. The van der Waals surface area contributed by atoms with Crippen molar-refractivity contribution in [1.29, 1.82) is 0 Å². The third-order valence-corrected chi connectivity index (χ3v) is 3.68. The normalized spacial score (nSPS) is 17.7. The predicted molar refractivity (Wildman–Crippen MR) is 76.3 cm³/mol. The maximum Gasteiger partial charge on any atom is 0.210 e. The maximum atomic E-state index is 5.74. The Kier molecular flexibility index (Phi) is 4.01. The molecule has 1 fully saturated rings. The van der Waals surface area contributed by atoms with Gasteiger partial charge in [0.2, 0.25) is 5.89 Å². The van der Waals surface area contributed by atoms with E-state index in [-0.39, 0.29) is 0 Å². The number of rotatable bonds is 3. The van der Waals surface area contributed by atoms with Crippen LogP contribution in [0.4, 0.5) is 0 Å². The number of halogens is 1. The SMILES string of the molecule is ClCc1nc2cc(CN3CCCNCC3)ccc2o1. The van der Waals surface area contributed by atoms with E-state index in [1.165, 1.54) is 12.0 Å². The fourth-order valence-corrected chi connectivity index (χ4v) is 2.61. The van der Waals surface area contributed by atoms with Crippen molar-refractivity contribution < 1.29 is 4.42 Å². The van der Waals surface area contributed by atoms with Crippen molar-refractivity contribution in [2.45, 2.75) is 18.8 Å². The van der Waals surface area contributed by atoms with Gasteiger partial charge in [-0.3, -0.25) is 4.90 Å². The molecule has 1 N–H and O–H groups in total. The van der Waals surface area contributed by atoms with Gasteiger partial charge in [0.15, 0.2) is 5.58 Å². The van der Waals surface area contributed by atoms with E-state index in [0.717, 1.165) is 43.8 Å². The van der Waals surface area contributed by atoms with E-state index in [1.807, 2.05) is 6.07 Å². The molecule has 0 spiro atoms. The van der Waals surface area contributed by atoms with Crippen molar-refractivity contribution in [2.75, 3.05) is 26.2 Å². The van der Waals surface area contributed by atoms with Gasteiger partial charge < -0.3 is 9.73 Å². The van der Waals surface area contributed by atoms with Crippen LogP contribution in [0.15, 0.2) is 22.6 Å². The molecular weight excluding hydrogens is 262 g/mol. The Balaban J connectivity index is 1.76. The molecule has 4 nitrogen and oxygen atoms in total. The van der Waals surface area contributed by atoms with E-state index in [1.54, 1.807) is 0 Å². The van der Waals surface area contributed by atoms with Crippen LogP contribution in [-0.4, -0.2) is 36.1 Å². The highest BCUT2D eigenvalue weighted by Crippen LogP contribution is 2.19. The summed E-state index contributed by atoms with van der Waals surface area (Å²) in [5.41, 5.74) is 3.00. The summed E-state index contributed by atoms with van der Waals surface area (Å²) < 4.78 is 5.52. The summed E-state index contributed by atoms with van der Waals surface area (Å²) in [6, 6.07) is 6.21. The topological polar surface area (TPSA) is 41.3 Å². The first-order valence-electron chi connectivity index (χ1n) is 6.72. The van der Waals surface area contributed by atoms with Crippen molar-refractivity contribution in [3.63, 3.8) is 0 Å². The summed E-state index contributed by atoms with van der Waals surface area (Å²) in [6.07, 6.45) is 1.21. The smallest absolute Gasteiger partial charge is 0.210 e. The Morgan fingerprint density at radius 2 is 2.26 bits per heavy atom. The molecule has 0 amide bonds. The molecule has 3 rings (SSSR count). The van der Waals surface area contributed by atoms with Gasteiger partial charge >= 0.3 is 0 Å². The van der Waals surface area contributed by atoms with Crippen LogP contribution >= 0.6 is 11.6 Å². The highest BCUT2D eigenvalue weighted by molar-refractivity contribution is 6.16. The van der Waals surface area contributed by atoms with Crippen LogP contribution < -0.4 is 5.32 Å². The maximum absolute atomic E-state index is 5.74. The Bertz CT molecular complexity index is 547. The molecule has 1 aromatic heterocycles. The van der Waals surface area contributed by atoms with Gasteiger partial charge in [0, 0.05) is 19.6 Å². The molecule has 5 heteroatoms. The molecular formula is C14H18ClN3O. The lowest BCUT2D eigenvalue weighted by Crippen LogP contribution is -2.27. The number of alkyl halides is 1. The van der Waals surface area contributed by atoms with E-state index in [0.29, 0.717) is 11.8 Å².